The summed E-state index contributed by atoms with van der Waals surface area (Å²) in [6.45, 7) is 1.63. The molecular weight excluding hydrogens is 392 g/mol. The van der Waals surface area contributed by atoms with E-state index < -0.39 is 23.8 Å². The number of nitrogens with zero attached hydrogens (tertiary/aromatic N) is 3. The topological polar surface area (TPSA) is 85.4 Å². The van der Waals surface area contributed by atoms with E-state index in [4.69, 9.17) is 10.5 Å². The van der Waals surface area contributed by atoms with Crippen LogP contribution < -0.4 is 11.1 Å². The number of nitrogens with one attached hydrogen (secondary N) is 1. The van der Waals surface area contributed by atoms with Crippen molar-refractivity contribution >= 4 is 5.91 Å². The first-order valence-electron chi connectivity index (χ1n) is 10.3. The molecule has 1 aliphatic carbocycles. The Hall–Kier alpha value is -2.36. The fraction of sp³-hybridized carbons (Fsp3) is 0.524. The molecule has 0 radical (unpaired) electrons. The van der Waals surface area contributed by atoms with Gasteiger partial charge in [0.15, 0.2) is 5.82 Å². The summed E-state index contributed by atoms with van der Waals surface area (Å²) in [4.78, 5) is 19.2. The van der Waals surface area contributed by atoms with Crippen molar-refractivity contribution < 1.29 is 18.3 Å². The van der Waals surface area contributed by atoms with Gasteiger partial charge in [0.1, 0.15) is 17.7 Å². The molecule has 2 aliphatic heterocycles. The van der Waals surface area contributed by atoms with Gasteiger partial charge in [0.25, 0.3) is 5.91 Å². The number of nitrogens with two attached hydrogens (primary N) is 1. The first kappa shape index (κ1) is 19.6. The zero-order valence-electron chi connectivity index (χ0n) is 16.8. The summed E-state index contributed by atoms with van der Waals surface area (Å²) in [5, 5.41) is 2.98. The van der Waals surface area contributed by atoms with Crippen molar-refractivity contribution in [2.75, 3.05) is 6.61 Å². The van der Waals surface area contributed by atoms with E-state index in [0.29, 0.717) is 31.9 Å². The molecule has 1 saturated heterocycles. The lowest BCUT2D eigenvalue weighted by molar-refractivity contribution is -0.0535. The van der Waals surface area contributed by atoms with Crippen molar-refractivity contribution in [2.45, 2.75) is 56.6 Å². The average molecular weight is 417 g/mol. The minimum Gasteiger partial charge on any atom is -0.370 e. The van der Waals surface area contributed by atoms with Crippen LogP contribution in [0.25, 0.3) is 0 Å². The van der Waals surface area contributed by atoms with E-state index in [-0.39, 0.29) is 23.6 Å². The molecule has 1 amide bonds. The third kappa shape index (κ3) is 3.51. The normalized spacial score (nSPS) is 26.6. The summed E-state index contributed by atoms with van der Waals surface area (Å²) in [6.07, 6.45) is 2.00. The number of amides is 1. The Morgan fingerprint density at radius 3 is 2.80 bits per heavy atom. The van der Waals surface area contributed by atoms with E-state index in [9.17, 15) is 13.6 Å². The van der Waals surface area contributed by atoms with Gasteiger partial charge in [0, 0.05) is 43.8 Å². The highest BCUT2D eigenvalue weighted by molar-refractivity contribution is 5.91. The van der Waals surface area contributed by atoms with Crippen LogP contribution in [-0.4, -0.2) is 45.1 Å². The third-order valence-corrected chi connectivity index (χ3v) is 6.30. The smallest absolute Gasteiger partial charge is 0.287 e. The predicted molar refractivity (Wildman–Crippen MR) is 104 cm³/mol. The van der Waals surface area contributed by atoms with Crippen molar-refractivity contribution in [3.8, 4) is 0 Å². The first-order valence-corrected chi connectivity index (χ1v) is 10.3. The lowest BCUT2D eigenvalue weighted by Crippen LogP contribution is -2.48. The molecule has 9 heteroatoms. The molecule has 3 atom stereocenters. The number of benzene rings is 1. The molecule has 1 saturated carbocycles. The SMILES string of the molecule is Cn1c(C(=O)NC2CC2)nc2c1CN([C@H]1CO[C@H](c3cc(F)ccc3F)[C@@H](N)C1)C2. The fourth-order valence-corrected chi connectivity index (χ4v) is 4.44. The molecule has 30 heavy (non-hydrogen) atoms. The number of hydrogen-bond donors (Lipinski definition) is 2. The third-order valence-electron chi connectivity index (χ3n) is 6.30. The van der Waals surface area contributed by atoms with Gasteiger partial charge in [-0.15, -0.1) is 0 Å². The second kappa shape index (κ2) is 7.40. The van der Waals surface area contributed by atoms with Crippen LogP contribution in [0.15, 0.2) is 18.2 Å². The Kier molecular flexibility index (Phi) is 4.83. The lowest BCUT2D eigenvalue weighted by Gasteiger charge is -2.38. The number of aromatic nitrogens is 2. The summed E-state index contributed by atoms with van der Waals surface area (Å²) in [7, 11) is 1.86. The van der Waals surface area contributed by atoms with Crippen molar-refractivity contribution in [1.82, 2.24) is 19.8 Å². The number of halogens is 2. The minimum absolute atomic E-state index is 0.0470. The zero-order chi connectivity index (χ0) is 21.0. The van der Waals surface area contributed by atoms with Crippen molar-refractivity contribution in [3.05, 3.63) is 52.6 Å². The molecule has 0 bridgehead atoms. The average Bonchev–Trinajstić information content (AvgIpc) is 3.33. The maximum atomic E-state index is 14.1. The van der Waals surface area contributed by atoms with Crippen molar-refractivity contribution in [2.24, 2.45) is 12.8 Å². The number of rotatable bonds is 4. The van der Waals surface area contributed by atoms with Crippen LogP contribution in [0.4, 0.5) is 8.78 Å². The summed E-state index contributed by atoms with van der Waals surface area (Å²) in [5.74, 6) is -0.689. The Morgan fingerprint density at radius 2 is 2.10 bits per heavy atom. The molecule has 3 aliphatic rings. The van der Waals surface area contributed by atoms with Crippen molar-refractivity contribution in [1.29, 1.82) is 0 Å². The molecule has 2 aromatic rings. The van der Waals surface area contributed by atoms with Crippen molar-refractivity contribution in [3.63, 3.8) is 0 Å². The molecule has 3 heterocycles. The predicted octanol–water partition coefficient (Wildman–Crippen LogP) is 1.76. The summed E-state index contributed by atoms with van der Waals surface area (Å²) in [6, 6.07) is 3.24. The van der Waals surface area contributed by atoms with E-state index in [0.717, 1.165) is 42.4 Å². The highest BCUT2D eigenvalue weighted by Gasteiger charge is 2.38. The van der Waals surface area contributed by atoms with Gasteiger partial charge in [-0.1, -0.05) is 0 Å². The highest BCUT2D eigenvalue weighted by Crippen LogP contribution is 2.34. The summed E-state index contributed by atoms with van der Waals surface area (Å²) in [5.41, 5.74) is 8.38. The number of carbonyl (C=O) groups is 1. The molecule has 2 fully saturated rings. The number of ether oxygens (including phenoxy) is 1. The van der Waals surface area contributed by atoms with Crippen LogP contribution in [0.2, 0.25) is 0 Å². The molecule has 7 nitrogen and oxygen atoms in total. The quantitative estimate of drug-likeness (QED) is 0.792. The Morgan fingerprint density at radius 1 is 1.30 bits per heavy atom. The molecule has 5 rings (SSSR count). The number of carbonyl (C=O) groups excluding carboxylic acids is 1. The standard InChI is InChI=1S/C21H25F2N5O2/c1-27-18-9-28(8-17(18)26-20(27)21(29)25-12-3-4-12)13-7-16(24)19(30-10-13)14-6-11(22)2-5-15(14)23/h2,5-6,12-13,16,19H,3-4,7-10,24H2,1H3,(H,25,29)/t13-,16+,19-/m1/s1. The largest absolute Gasteiger partial charge is 0.370 e. The van der Waals surface area contributed by atoms with Gasteiger partial charge in [-0.2, -0.15) is 0 Å². The monoisotopic (exact) mass is 417 g/mol. The van der Waals surface area contributed by atoms with Gasteiger partial charge in [0.2, 0.25) is 0 Å². The number of fused-ring (bicyclic) bond motifs is 1. The molecular formula is C21H25F2N5O2. The molecule has 3 N–H and O–H groups in total. The minimum atomic E-state index is -0.669. The summed E-state index contributed by atoms with van der Waals surface area (Å²) >= 11 is 0. The van der Waals surface area contributed by atoms with Gasteiger partial charge >= 0.3 is 0 Å². The van der Waals surface area contributed by atoms with E-state index in [1.165, 1.54) is 0 Å². The van der Waals surface area contributed by atoms with Gasteiger partial charge in [0.05, 0.1) is 18.0 Å². The summed E-state index contributed by atoms with van der Waals surface area (Å²) < 4.78 is 35.4. The van der Waals surface area contributed by atoms with E-state index in [2.05, 4.69) is 15.2 Å². The number of hydrogen-bond acceptors (Lipinski definition) is 5. The van der Waals surface area contributed by atoms with E-state index in [1.807, 2.05) is 11.6 Å². The second-order valence-electron chi connectivity index (χ2n) is 8.51. The molecule has 0 unspecified atom stereocenters. The maximum Gasteiger partial charge on any atom is 0.287 e. The van der Waals surface area contributed by atoms with Crippen LogP contribution in [0, 0.1) is 11.6 Å². The van der Waals surface area contributed by atoms with Gasteiger partial charge in [-0.05, 0) is 37.5 Å². The maximum absolute atomic E-state index is 14.1. The van der Waals surface area contributed by atoms with Gasteiger partial charge in [-0.3, -0.25) is 9.69 Å². The van der Waals surface area contributed by atoms with Crippen LogP contribution in [0.5, 0.6) is 0 Å². The van der Waals surface area contributed by atoms with E-state index in [1.54, 1.807) is 0 Å². The fourth-order valence-electron chi connectivity index (χ4n) is 4.44. The van der Waals surface area contributed by atoms with Crippen LogP contribution >= 0.6 is 0 Å². The Balaban J connectivity index is 1.25. The Labute approximate surface area is 173 Å². The van der Waals surface area contributed by atoms with Crippen LogP contribution in [-0.2, 0) is 24.9 Å². The number of imidazole rings is 1. The highest BCUT2D eigenvalue weighted by atomic mass is 19.1. The van der Waals surface area contributed by atoms with Crippen LogP contribution in [0.1, 0.15) is 52.9 Å². The molecule has 1 aromatic heterocycles. The van der Waals surface area contributed by atoms with Gasteiger partial charge in [-0.25, -0.2) is 13.8 Å². The molecule has 1 aromatic carbocycles. The van der Waals surface area contributed by atoms with E-state index >= 15 is 0 Å². The molecule has 160 valence electrons. The first-order chi connectivity index (χ1) is 14.4. The lowest BCUT2D eigenvalue weighted by atomic mass is 9.93. The zero-order valence-corrected chi connectivity index (χ0v) is 16.8. The molecule has 0 spiro atoms. The van der Waals surface area contributed by atoms with Crippen LogP contribution in [0.3, 0.4) is 0 Å². The second-order valence-corrected chi connectivity index (χ2v) is 8.51. The van der Waals surface area contributed by atoms with Gasteiger partial charge < -0.3 is 20.4 Å². The Bertz CT molecular complexity index is 990.